The van der Waals surface area contributed by atoms with Crippen molar-refractivity contribution in [3.63, 3.8) is 0 Å². The molecule has 3 aromatic rings. The van der Waals surface area contributed by atoms with Gasteiger partial charge in [0.15, 0.2) is 0 Å². The quantitative estimate of drug-likeness (QED) is 0.701. The van der Waals surface area contributed by atoms with Crippen molar-refractivity contribution in [1.82, 2.24) is 29.6 Å². The lowest BCUT2D eigenvalue weighted by Crippen LogP contribution is -2.40. The van der Waals surface area contributed by atoms with Crippen LogP contribution in [0.2, 0.25) is 0 Å². The molecular weight excluding hydrogens is 352 g/mol. The molecule has 144 valence electrons. The molecule has 0 spiro atoms. The van der Waals surface area contributed by atoms with Crippen LogP contribution in [0.15, 0.2) is 36.9 Å². The summed E-state index contributed by atoms with van der Waals surface area (Å²) in [6, 6.07) is 3.68. The molecule has 7 heteroatoms. The van der Waals surface area contributed by atoms with Crippen molar-refractivity contribution in [3.05, 3.63) is 59.7 Å². The first-order valence-electron chi connectivity index (χ1n) is 9.59. The van der Waals surface area contributed by atoms with Crippen molar-refractivity contribution in [2.75, 3.05) is 6.54 Å². The number of aromatic nitrogens is 5. The summed E-state index contributed by atoms with van der Waals surface area (Å²) >= 11 is 0. The van der Waals surface area contributed by atoms with E-state index in [4.69, 9.17) is 4.98 Å². The largest absolute Gasteiger partial charge is 0.329 e. The Labute approximate surface area is 164 Å². The molecule has 28 heavy (non-hydrogen) atoms. The highest BCUT2D eigenvalue weighted by molar-refractivity contribution is 5.93. The lowest BCUT2D eigenvalue weighted by atomic mass is 9.92. The van der Waals surface area contributed by atoms with Gasteiger partial charge in [0.05, 0.1) is 11.7 Å². The highest BCUT2D eigenvalue weighted by Gasteiger charge is 2.33. The van der Waals surface area contributed by atoms with Gasteiger partial charge in [-0.2, -0.15) is 5.10 Å². The smallest absolute Gasteiger partial charge is 0.272 e. The molecule has 0 unspecified atom stereocenters. The number of hydrogen-bond donors (Lipinski definition) is 0. The van der Waals surface area contributed by atoms with Gasteiger partial charge in [-0.05, 0) is 56.4 Å². The minimum Gasteiger partial charge on any atom is -0.329 e. The fraction of sp³-hybridized carbons (Fsp3) is 0.381. The van der Waals surface area contributed by atoms with Crippen LogP contribution in [-0.2, 0) is 7.05 Å². The first-order valence-corrected chi connectivity index (χ1v) is 9.59. The Bertz CT molecular complexity index is 1010. The van der Waals surface area contributed by atoms with E-state index in [-0.39, 0.29) is 11.9 Å². The SMILES string of the molecule is Cc1ncc(-c2ccncc2C)c([C@@H]2CCCCN2C(=O)c2ccnn2C)n1. The Hall–Kier alpha value is -3.09. The lowest BCUT2D eigenvalue weighted by Gasteiger charge is -2.36. The Balaban J connectivity index is 1.80. The van der Waals surface area contributed by atoms with Crippen molar-refractivity contribution < 1.29 is 4.79 Å². The number of likely N-dealkylation sites (tertiary alicyclic amines) is 1. The summed E-state index contributed by atoms with van der Waals surface area (Å²) in [5.74, 6) is 0.710. The lowest BCUT2D eigenvalue weighted by molar-refractivity contribution is 0.0595. The molecule has 0 aliphatic carbocycles. The van der Waals surface area contributed by atoms with E-state index in [1.54, 1.807) is 30.2 Å². The molecule has 1 atom stereocenters. The summed E-state index contributed by atoms with van der Waals surface area (Å²) in [4.78, 5) is 28.7. The second kappa shape index (κ2) is 7.50. The molecule has 1 aliphatic heterocycles. The molecule has 4 heterocycles. The Morgan fingerprint density at radius 1 is 1.11 bits per heavy atom. The van der Waals surface area contributed by atoms with Gasteiger partial charge in [-0.3, -0.25) is 14.5 Å². The normalized spacial score (nSPS) is 17.0. The van der Waals surface area contributed by atoms with E-state index in [1.807, 2.05) is 37.2 Å². The van der Waals surface area contributed by atoms with Crippen LogP contribution in [-0.4, -0.2) is 42.1 Å². The third kappa shape index (κ3) is 3.28. The van der Waals surface area contributed by atoms with Crippen LogP contribution in [0.5, 0.6) is 0 Å². The number of rotatable bonds is 3. The summed E-state index contributed by atoms with van der Waals surface area (Å²) in [6.07, 6.45) is 10.1. The number of carbonyl (C=O) groups is 1. The van der Waals surface area contributed by atoms with Gasteiger partial charge in [0, 0.05) is 43.9 Å². The fourth-order valence-electron chi connectivity index (χ4n) is 3.91. The summed E-state index contributed by atoms with van der Waals surface area (Å²) in [5.41, 5.74) is 4.61. The average molecular weight is 376 g/mol. The van der Waals surface area contributed by atoms with Crippen molar-refractivity contribution in [1.29, 1.82) is 0 Å². The van der Waals surface area contributed by atoms with Crippen LogP contribution in [0.4, 0.5) is 0 Å². The van der Waals surface area contributed by atoms with E-state index in [9.17, 15) is 4.79 Å². The minimum atomic E-state index is -0.0829. The number of aryl methyl sites for hydroxylation is 3. The molecule has 3 aromatic heterocycles. The summed E-state index contributed by atoms with van der Waals surface area (Å²) in [7, 11) is 1.80. The molecule has 1 aliphatic rings. The van der Waals surface area contributed by atoms with Gasteiger partial charge in [0.2, 0.25) is 0 Å². The number of hydrogen-bond acceptors (Lipinski definition) is 5. The fourth-order valence-corrected chi connectivity index (χ4v) is 3.91. The second-order valence-electron chi connectivity index (χ2n) is 7.26. The maximum absolute atomic E-state index is 13.3. The zero-order valence-corrected chi connectivity index (χ0v) is 16.5. The van der Waals surface area contributed by atoms with Gasteiger partial charge in [-0.25, -0.2) is 9.97 Å². The predicted octanol–water partition coefficient (Wildman–Crippen LogP) is 3.26. The molecule has 0 N–H and O–H groups in total. The highest BCUT2D eigenvalue weighted by atomic mass is 16.2. The van der Waals surface area contributed by atoms with Gasteiger partial charge in [0.25, 0.3) is 5.91 Å². The van der Waals surface area contributed by atoms with Gasteiger partial charge in [-0.1, -0.05) is 0 Å². The van der Waals surface area contributed by atoms with Crippen LogP contribution < -0.4 is 0 Å². The molecular formula is C21H24N6O. The van der Waals surface area contributed by atoms with Crippen molar-refractivity contribution in [2.45, 2.75) is 39.2 Å². The first-order chi connectivity index (χ1) is 13.6. The molecule has 7 nitrogen and oxygen atoms in total. The zero-order chi connectivity index (χ0) is 19.7. The van der Waals surface area contributed by atoms with E-state index in [0.29, 0.717) is 18.1 Å². The average Bonchev–Trinajstić information content (AvgIpc) is 3.14. The first kappa shape index (κ1) is 18.3. The molecule has 0 aromatic carbocycles. The summed E-state index contributed by atoms with van der Waals surface area (Å²) in [6.45, 7) is 4.64. The molecule has 0 saturated carbocycles. The van der Waals surface area contributed by atoms with Gasteiger partial charge in [-0.15, -0.1) is 0 Å². The standard InChI is InChI=1S/C21H24N6O/c1-14-12-22-9-7-16(14)17-13-23-15(2)25-20(17)18-6-4-5-11-27(18)21(28)19-8-10-24-26(19)3/h7-10,12-13,18H,4-6,11H2,1-3H3/t18-/m0/s1. The van der Waals surface area contributed by atoms with Crippen LogP contribution in [0, 0.1) is 13.8 Å². The Kier molecular flexibility index (Phi) is 4.90. The monoisotopic (exact) mass is 376 g/mol. The van der Waals surface area contributed by atoms with Crippen molar-refractivity contribution in [2.24, 2.45) is 7.05 Å². The highest BCUT2D eigenvalue weighted by Crippen LogP contribution is 2.37. The van der Waals surface area contributed by atoms with E-state index >= 15 is 0 Å². The number of amides is 1. The van der Waals surface area contributed by atoms with Crippen LogP contribution in [0.3, 0.4) is 0 Å². The van der Waals surface area contributed by atoms with Gasteiger partial charge >= 0.3 is 0 Å². The molecule has 4 rings (SSSR count). The van der Waals surface area contributed by atoms with Crippen LogP contribution in [0.1, 0.15) is 52.9 Å². The molecule has 0 bridgehead atoms. The van der Waals surface area contributed by atoms with E-state index in [2.05, 4.69) is 15.1 Å². The second-order valence-corrected chi connectivity index (χ2v) is 7.26. The number of pyridine rings is 1. The minimum absolute atomic E-state index is 0.00151. The van der Waals surface area contributed by atoms with Crippen LogP contribution in [0.25, 0.3) is 11.1 Å². The van der Waals surface area contributed by atoms with Gasteiger partial charge < -0.3 is 4.90 Å². The van der Waals surface area contributed by atoms with E-state index < -0.39 is 0 Å². The molecule has 1 amide bonds. The Morgan fingerprint density at radius 2 is 1.96 bits per heavy atom. The molecule has 0 radical (unpaired) electrons. The van der Waals surface area contributed by atoms with E-state index in [0.717, 1.165) is 41.6 Å². The van der Waals surface area contributed by atoms with E-state index in [1.165, 1.54) is 0 Å². The summed E-state index contributed by atoms with van der Waals surface area (Å²) < 4.78 is 1.63. The maximum Gasteiger partial charge on any atom is 0.272 e. The predicted molar refractivity (Wildman–Crippen MR) is 106 cm³/mol. The van der Waals surface area contributed by atoms with Crippen molar-refractivity contribution in [3.8, 4) is 11.1 Å². The third-order valence-electron chi connectivity index (χ3n) is 5.37. The topological polar surface area (TPSA) is 76.8 Å². The number of piperidine rings is 1. The number of carbonyl (C=O) groups excluding carboxylic acids is 1. The van der Waals surface area contributed by atoms with Crippen molar-refractivity contribution >= 4 is 5.91 Å². The Morgan fingerprint density at radius 3 is 2.71 bits per heavy atom. The maximum atomic E-state index is 13.3. The van der Waals surface area contributed by atoms with Gasteiger partial charge in [0.1, 0.15) is 11.5 Å². The summed E-state index contributed by atoms with van der Waals surface area (Å²) in [5, 5.41) is 4.16. The molecule has 1 fully saturated rings. The zero-order valence-electron chi connectivity index (χ0n) is 16.5. The third-order valence-corrected chi connectivity index (χ3v) is 5.37. The molecule has 1 saturated heterocycles. The van der Waals surface area contributed by atoms with Crippen LogP contribution >= 0.6 is 0 Å². The number of nitrogens with zero attached hydrogens (tertiary/aromatic N) is 6.